The van der Waals surface area contributed by atoms with Gasteiger partial charge in [0.2, 0.25) is 10.0 Å². The summed E-state index contributed by atoms with van der Waals surface area (Å²) in [4.78, 5) is 3.85. The van der Waals surface area contributed by atoms with Crippen LogP contribution < -0.4 is 5.14 Å². The maximum atomic E-state index is 10.7. The summed E-state index contributed by atoms with van der Waals surface area (Å²) in [6.07, 6.45) is 1.51. The SMILES string of the molecule is NS(=O)(=O)Cc1cc(CCl)ccn1. The van der Waals surface area contributed by atoms with Crippen LogP contribution in [0.5, 0.6) is 0 Å². The van der Waals surface area contributed by atoms with E-state index in [0.29, 0.717) is 11.6 Å². The fourth-order valence-corrected chi connectivity index (χ4v) is 1.63. The molecule has 0 aliphatic rings. The van der Waals surface area contributed by atoms with Crippen LogP contribution in [-0.4, -0.2) is 13.4 Å². The summed E-state index contributed by atoms with van der Waals surface area (Å²) < 4.78 is 21.4. The Balaban J connectivity index is 2.90. The summed E-state index contributed by atoms with van der Waals surface area (Å²) in [5, 5.41) is 4.86. The lowest BCUT2D eigenvalue weighted by molar-refractivity contribution is 0.596. The number of sulfonamides is 1. The van der Waals surface area contributed by atoms with E-state index in [1.54, 1.807) is 12.1 Å². The molecule has 0 saturated carbocycles. The van der Waals surface area contributed by atoms with Gasteiger partial charge in [0.05, 0.1) is 5.69 Å². The van der Waals surface area contributed by atoms with E-state index < -0.39 is 10.0 Å². The molecule has 6 heteroatoms. The molecule has 1 aromatic heterocycles. The van der Waals surface area contributed by atoms with Crippen LogP contribution >= 0.6 is 11.6 Å². The number of nitrogens with zero attached hydrogens (tertiary/aromatic N) is 1. The lowest BCUT2D eigenvalue weighted by atomic mass is 10.2. The molecule has 72 valence electrons. The number of hydrogen-bond acceptors (Lipinski definition) is 3. The largest absolute Gasteiger partial charge is 0.260 e. The second kappa shape index (κ2) is 4.04. The molecule has 0 saturated heterocycles. The van der Waals surface area contributed by atoms with E-state index in [0.717, 1.165) is 5.56 Å². The van der Waals surface area contributed by atoms with Crippen LogP contribution in [0.4, 0.5) is 0 Å². The van der Waals surface area contributed by atoms with E-state index in [4.69, 9.17) is 16.7 Å². The van der Waals surface area contributed by atoms with Gasteiger partial charge in [-0.15, -0.1) is 11.6 Å². The molecule has 0 atom stereocenters. The first kappa shape index (κ1) is 10.4. The number of halogens is 1. The Bertz CT molecular complexity index is 391. The summed E-state index contributed by atoms with van der Waals surface area (Å²) in [5.41, 5.74) is 1.25. The maximum absolute atomic E-state index is 10.7. The van der Waals surface area contributed by atoms with Gasteiger partial charge in [0.25, 0.3) is 0 Å². The highest BCUT2D eigenvalue weighted by molar-refractivity contribution is 7.88. The third-order valence-electron chi connectivity index (χ3n) is 1.38. The number of alkyl halides is 1. The highest BCUT2D eigenvalue weighted by Gasteiger charge is 2.06. The lowest BCUT2D eigenvalue weighted by Crippen LogP contribution is -2.15. The molecule has 1 rings (SSSR count). The average Bonchev–Trinajstić information content (AvgIpc) is 2.01. The van der Waals surface area contributed by atoms with Crippen LogP contribution in [0.15, 0.2) is 18.3 Å². The van der Waals surface area contributed by atoms with E-state index in [1.807, 2.05) is 0 Å². The molecule has 0 spiro atoms. The normalized spacial score (nSPS) is 11.5. The van der Waals surface area contributed by atoms with Crippen LogP contribution in [-0.2, 0) is 21.7 Å². The van der Waals surface area contributed by atoms with Gasteiger partial charge < -0.3 is 0 Å². The molecule has 0 aromatic carbocycles. The Morgan fingerprint density at radius 1 is 1.54 bits per heavy atom. The van der Waals surface area contributed by atoms with Crippen LogP contribution in [0.2, 0.25) is 0 Å². The van der Waals surface area contributed by atoms with Crippen molar-refractivity contribution in [2.45, 2.75) is 11.6 Å². The zero-order valence-electron chi connectivity index (χ0n) is 6.77. The van der Waals surface area contributed by atoms with Crippen molar-refractivity contribution in [3.8, 4) is 0 Å². The maximum Gasteiger partial charge on any atom is 0.214 e. The molecule has 4 nitrogen and oxygen atoms in total. The molecule has 13 heavy (non-hydrogen) atoms. The van der Waals surface area contributed by atoms with E-state index in [9.17, 15) is 8.42 Å². The second-order valence-electron chi connectivity index (χ2n) is 2.60. The first-order valence-electron chi connectivity index (χ1n) is 3.51. The minimum absolute atomic E-state index is 0.252. The van der Waals surface area contributed by atoms with Crippen molar-refractivity contribution >= 4 is 21.6 Å². The predicted octanol–water partition coefficient (Wildman–Crippen LogP) is 0.609. The van der Waals surface area contributed by atoms with Crippen molar-refractivity contribution < 1.29 is 8.42 Å². The molecule has 0 aliphatic heterocycles. The Kier molecular flexibility index (Phi) is 3.24. The molecule has 1 aromatic rings. The van der Waals surface area contributed by atoms with Crippen molar-refractivity contribution in [3.63, 3.8) is 0 Å². The molecule has 0 radical (unpaired) electrons. The topological polar surface area (TPSA) is 73.1 Å². The second-order valence-corrected chi connectivity index (χ2v) is 4.48. The van der Waals surface area contributed by atoms with E-state index >= 15 is 0 Å². The fraction of sp³-hybridized carbons (Fsp3) is 0.286. The molecular weight excluding hydrogens is 212 g/mol. The van der Waals surface area contributed by atoms with E-state index in [1.165, 1.54) is 6.20 Å². The third kappa shape index (κ3) is 3.71. The Hall–Kier alpha value is -0.650. The number of aromatic nitrogens is 1. The number of nitrogens with two attached hydrogens (primary N) is 1. The monoisotopic (exact) mass is 220 g/mol. The Morgan fingerprint density at radius 3 is 2.77 bits per heavy atom. The van der Waals surface area contributed by atoms with E-state index in [-0.39, 0.29) is 5.75 Å². The number of primary sulfonamides is 1. The average molecular weight is 221 g/mol. The van der Waals surface area contributed by atoms with Crippen molar-refractivity contribution in [2.24, 2.45) is 5.14 Å². The van der Waals surface area contributed by atoms with Gasteiger partial charge in [0.15, 0.2) is 0 Å². The number of rotatable bonds is 3. The van der Waals surface area contributed by atoms with Gasteiger partial charge in [0.1, 0.15) is 5.75 Å². The fourth-order valence-electron chi connectivity index (χ4n) is 0.896. The number of hydrogen-bond donors (Lipinski definition) is 1. The zero-order valence-corrected chi connectivity index (χ0v) is 8.35. The van der Waals surface area contributed by atoms with Crippen molar-refractivity contribution in [1.82, 2.24) is 4.98 Å². The van der Waals surface area contributed by atoms with Gasteiger partial charge in [-0.2, -0.15) is 0 Å². The van der Waals surface area contributed by atoms with Crippen molar-refractivity contribution in [3.05, 3.63) is 29.6 Å². The molecule has 0 fully saturated rings. The molecular formula is C7H9ClN2O2S. The minimum atomic E-state index is -3.51. The van der Waals surface area contributed by atoms with Gasteiger partial charge in [0, 0.05) is 12.1 Å². The van der Waals surface area contributed by atoms with Crippen LogP contribution in [0, 0.1) is 0 Å². The van der Waals surface area contributed by atoms with Crippen LogP contribution in [0.1, 0.15) is 11.3 Å². The van der Waals surface area contributed by atoms with Gasteiger partial charge in [-0.05, 0) is 17.7 Å². The summed E-state index contributed by atoms with van der Waals surface area (Å²) in [6, 6.07) is 3.34. The first-order valence-corrected chi connectivity index (χ1v) is 5.76. The number of pyridine rings is 1. The highest BCUT2D eigenvalue weighted by Crippen LogP contribution is 2.06. The van der Waals surface area contributed by atoms with Gasteiger partial charge in [-0.25, -0.2) is 13.6 Å². The predicted molar refractivity (Wildman–Crippen MR) is 50.6 cm³/mol. The molecule has 0 bridgehead atoms. The highest BCUT2D eigenvalue weighted by atomic mass is 35.5. The summed E-state index contributed by atoms with van der Waals surface area (Å²) in [7, 11) is -3.51. The zero-order chi connectivity index (χ0) is 9.90. The van der Waals surface area contributed by atoms with Crippen molar-refractivity contribution in [1.29, 1.82) is 0 Å². The smallest absolute Gasteiger partial charge is 0.214 e. The van der Waals surface area contributed by atoms with Gasteiger partial charge in [-0.1, -0.05) is 0 Å². The summed E-state index contributed by atoms with van der Waals surface area (Å²) in [6.45, 7) is 0. The summed E-state index contributed by atoms with van der Waals surface area (Å²) in [5.74, 6) is 0.0812. The Morgan fingerprint density at radius 2 is 2.23 bits per heavy atom. The van der Waals surface area contributed by atoms with Gasteiger partial charge >= 0.3 is 0 Å². The third-order valence-corrected chi connectivity index (χ3v) is 2.39. The summed E-state index contributed by atoms with van der Waals surface area (Å²) >= 11 is 5.56. The van der Waals surface area contributed by atoms with Crippen molar-refractivity contribution in [2.75, 3.05) is 0 Å². The molecule has 0 aliphatic carbocycles. The standard InChI is InChI=1S/C7H9ClN2O2S/c8-4-6-1-2-10-7(3-6)5-13(9,11)12/h1-3H,4-5H2,(H2,9,11,12). The quantitative estimate of drug-likeness (QED) is 0.759. The first-order chi connectivity index (χ1) is 6.01. The molecule has 2 N–H and O–H groups in total. The Labute approximate surface area is 81.8 Å². The minimum Gasteiger partial charge on any atom is -0.260 e. The van der Waals surface area contributed by atoms with E-state index in [2.05, 4.69) is 4.98 Å². The molecule has 0 amide bonds. The van der Waals surface area contributed by atoms with Crippen LogP contribution in [0.25, 0.3) is 0 Å². The van der Waals surface area contributed by atoms with Crippen LogP contribution in [0.3, 0.4) is 0 Å². The molecule has 1 heterocycles. The lowest BCUT2D eigenvalue weighted by Gasteiger charge is -1.99. The molecule has 0 unspecified atom stereocenters. The van der Waals surface area contributed by atoms with Gasteiger partial charge in [-0.3, -0.25) is 4.98 Å².